The van der Waals surface area contributed by atoms with Crippen LogP contribution >= 0.6 is 67.8 Å². The van der Waals surface area contributed by atoms with Crippen molar-refractivity contribution in [1.29, 1.82) is 0 Å². The van der Waals surface area contributed by atoms with Crippen LogP contribution in [0.1, 0.15) is 27.6 Å². The zero-order valence-electron chi connectivity index (χ0n) is 11.5. The molecular weight excluding hydrogens is 631 g/mol. The van der Waals surface area contributed by atoms with Crippen LogP contribution in [-0.4, -0.2) is 36.0 Å². The van der Waals surface area contributed by atoms with E-state index in [2.05, 4.69) is 10.6 Å². The van der Waals surface area contributed by atoms with E-state index in [1.165, 1.54) is 14.0 Å². The number of halogens is 3. The molecule has 0 aromatic heterocycles. The summed E-state index contributed by atoms with van der Waals surface area (Å²) in [5.41, 5.74) is 6.28. The van der Waals surface area contributed by atoms with Gasteiger partial charge in [0.05, 0.1) is 24.0 Å². The monoisotopic (exact) mass is 643 g/mol. The number of benzene rings is 1. The van der Waals surface area contributed by atoms with Gasteiger partial charge in [0.25, 0.3) is 5.91 Å². The average Bonchev–Trinajstić information content (AvgIpc) is 2.43. The maximum Gasteiger partial charge on any atom is 0.337 e. The first-order chi connectivity index (χ1) is 10.1. The van der Waals surface area contributed by atoms with Crippen molar-refractivity contribution in [2.75, 3.05) is 12.8 Å². The average molecular weight is 643 g/mol. The summed E-state index contributed by atoms with van der Waals surface area (Å²) in [6.07, 6.45) is 0. The van der Waals surface area contributed by atoms with Crippen molar-refractivity contribution < 1.29 is 19.5 Å². The van der Waals surface area contributed by atoms with Gasteiger partial charge in [0, 0.05) is 10.6 Å². The van der Waals surface area contributed by atoms with Crippen LogP contribution in [0.25, 0.3) is 0 Å². The van der Waals surface area contributed by atoms with Gasteiger partial charge in [-0.3, -0.25) is 9.59 Å². The van der Waals surface area contributed by atoms with Gasteiger partial charge in [-0.1, -0.05) is 0 Å². The Labute approximate surface area is 167 Å². The standard InChI is InChI=1S/C12H12I3N3O4/c1-3(10(19)17-2)18-11(20)4-6(13)5(12(21)22)8(15)9(16)7(4)14/h3H,16H2,1-2H3,(H,17,19)(H,18,20)(H,21,22). The van der Waals surface area contributed by atoms with Crippen LogP contribution in [0.3, 0.4) is 0 Å². The molecule has 0 aliphatic rings. The van der Waals surface area contributed by atoms with Crippen molar-refractivity contribution in [2.24, 2.45) is 0 Å². The van der Waals surface area contributed by atoms with Gasteiger partial charge in [0.2, 0.25) is 5.91 Å². The van der Waals surface area contributed by atoms with Crippen LogP contribution in [0.2, 0.25) is 0 Å². The second-order valence-electron chi connectivity index (χ2n) is 4.22. The van der Waals surface area contributed by atoms with Crippen molar-refractivity contribution in [3.05, 3.63) is 21.8 Å². The molecule has 22 heavy (non-hydrogen) atoms. The third-order valence-corrected chi connectivity index (χ3v) is 6.10. The number of carbonyl (C=O) groups is 3. The predicted molar refractivity (Wildman–Crippen MR) is 107 cm³/mol. The lowest BCUT2D eigenvalue weighted by Gasteiger charge is -2.17. The van der Waals surface area contributed by atoms with Crippen LogP contribution < -0.4 is 16.4 Å². The molecule has 1 aromatic carbocycles. The Morgan fingerprint density at radius 1 is 1.09 bits per heavy atom. The zero-order valence-corrected chi connectivity index (χ0v) is 17.9. The van der Waals surface area contributed by atoms with Gasteiger partial charge in [-0.25, -0.2) is 4.79 Å². The number of hydrogen-bond donors (Lipinski definition) is 4. The van der Waals surface area contributed by atoms with E-state index >= 15 is 0 Å². The minimum atomic E-state index is -1.16. The van der Waals surface area contributed by atoms with Crippen molar-refractivity contribution in [3.8, 4) is 0 Å². The van der Waals surface area contributed by atoms with Crippen LogP contribution in [0, 0.1) is 10.7 Å². The highest BCUT2D eigenvalue weighted by Crippen LogP contribution is 2.33. The molecule has 0 spiro atoms. The molecule has 1 rings (SSSR count). The number of carboxylic acid groups (broad SMARTS) is 1. The maximum atomic E-state index is 12.4. The molecule has 120 valence electrons. The van der Waals surface area contributed by atoms with E-state index in [-0.39, 0.29) is 26.3 Å². The van der Waals surface area contributed by atoms with Gasteiger partial charge in [-0.2, -0.15) is 0 Å². The molecule has 1 aromatic rings. The van der Waals surface area contributed by atoms with Crippen LogP contribution in [0.4, 0.5) is 5.69 Å². The van der Waals surface area contributed by atoms with Gasteiger partial charge in [0.15, 0.2) is 0 Å². The topological polar surface area (TPSA) is 122 Å². The number of nitrogens with two attached hydrogens (primary N) is 1. The fraction of sp³-hybridized carbons (Fsp3) is 0.250. The number of likely N-dealkylation sites (N-methyl/N-ethyl adjacent to an activating group) is 1. The summed E-state index contributed by atoms with van der Waals surface area (Å²) >= 11 is 5.54. The van der Waals surface area contributed by atoms with Gasteiger partial charge in [-0.05, 0) is 74.7 Å². The third-order valence-electron chi connectivity index (χ3n) is 2.78. The molecule has 0 bridgehead atoms. The highest BCUT2D eigenvalue weighted by molar-refractivity contribution is 14.1. The Morgan fingerprint density at radius 3 is 2.05 bits per heavy atom. The Balaban J connectivity index is 3.39. The van der Waals surface area contributed by atoms with Crippen LogP contribution in [0.5, 0.6) is 0 Å². The number of amides is 2. The predicted octanol–water partition coefficient (Wildman–Crippen LogP) is 1.65. The van der Waals surface area contributed by atoms with Crippen LogP contribution in [0.15, 0.2) is 0 Å². The fourth-order valence-electron chi connectivity index (χ4n) is 1.62. The van der Waals surface area contributed by atoms with Gasteiger partial charge >= 0.3 is 5.97 Å². The summed E-state index contributed by atoms with van der Waals surface area (Å²) in [5.74, 6) is -2.06. The first-order valence-corrected chi connectivity index (χ1v) is 9.08. The Hall–Kier alpha value is -0.380. The summed E-state index contributed by atoms with van der Waals surface area (Å²) in [7, 11) is 1.46. The number of carboxylic acids is 1. The van der Waals surface area contributed by atoms with E-state index in [4.69, 9.17) is 5.73 Å². The van der Waals surface area contributed by atoms with E-state index < -0.39 is 17.9 Å². The van der Waals surface area contributed by atoms with Crippen molar-refractivity contribution >= 4 is 91.2 Å². The van der Waals surface area contributed by atoms with Crippen molar-refractivity contribution in [1.82, 2.24) is 10.6 Å². The maximum absolute atomic E-state index is 12.4. The fourth-order valence-corrected chi connectivity index (χ4v) is 5.74. The SMILES string of the molecule is CNC(=O)C(C)NC(=O)c1c(I)c(N)c(I)c(C(=O)O)c1I. The molecule has 7 nitrogen and oxygen atoms in total. The molecule has 5 N–H and O–H groups in total. The summed E-state index contributed by atoms with van der Waals surface area (Å²) in [6, 6.07) is -0.752. The number of rotatable bonds is 4. The molecule has 2 amide bonds. The van der Waals surface area contributed by atoms with E-state index in [1.807, 2.05) is 45.2 Å². The van der Waals surface area contributed by atoms with E-state index in [1.54, 1.807) is 22.6 Å². The lowest BCUT2D eigenvalue weighted by molar-refractivity contribution is -0.122. The zero-order chi connectivity index (χ0) is 17.2. The second kappa shape index (κ2) is 7.94. The largest absolute Gasteiger partial charge is 0.478 e. The number of nitrogen functional groups attached to an aromatic ring is 1. The first-order valence-electron chi connectivity index (χ1n) is 5.85. The first kappa shape index (κ1) is 19.7. The number of carbonyl (C=O) groups excluding carboxylic acids is 2. The molecule has 1 atom stereocenters. The Bertz CT molecular complexity index is 664. The highest BCUT2D eigenvalue weighted by atomic mass is 127. The van der Waals surface area contributed by atoms with Crippen molar-refractivity contribution in [3.63, 3.8) is 0 Å². The summed E-state index contributed by atoms with van der Waals surface area (Å²) in [4.78, 5) is 35.3. The van der Waals surface area contributed by atoms with E-state index in [9.17, 15) is 19.5 Å². The molecule has 0 saturated carbocycles. The molecule has 0 saturated heterocycles. The summed E-state index contributed by atoms with van der Waals surface area (Å²) in [6.45, 7) is 1.53. The smallest absolute Gasteiger partial charge is 0.337 e. The Morgan fingerprint density at radius 2 is 1.59 bits per heavy atom. The van der Waals surface area contributed by atoms with Gasteiger partial charge < -0.3 is 21.5 Å². The molecule has 1 unspecified atom stereocenters. The lowest BCUT2D eigenvalue weighted by Crippen LogP contribution is -2.44. The van der Waals surface area contributed by atoms with Crippen molar-refractivity contribution in [2.45, 2.75) is 13.0 Å². The quantitative estimate of drug-likeness (QED) is 0.294. The summed E-state index contributed by atoms with van der Waals surface area (Å²) in [5, 5.41) is 14.3. The van der Waals surface area contributed by atoms with Crippen LogP contribution in [-0.2, 0) is 4.79 Å². The lowest BCUT2D eigenvalue weighted by atomic mass is 10.1. The molecular formula is C12H12I3N3O4. The number of nitrogens with one attached hydrogen (secondary N) is 2. The van der Waals surface area contributed by atoms with Gasteiger partial charge in [0.1, 0.15) is 6.04 Å². The molecule has 10 heteroatoms. The molecule has 0 aliphatic heterocycles. The molecule has 0 fully saturated rings. The molecule has 0 heterocycles. The molecule has 0 aliphatic carbocycles. The normalized spacial score (nSPS) is 11.7. The van der Waals surface area contributed by atoms with E-state index in [0.717, 1.165) is 0 Å². The highest BCUT2D eigenvalue weighted by Gasteiger charge is 2.27. The second-order valence-corrected chi connectivity index (χ2v) is 7.46. The number of hydrogen-bond acceptors (Lipinski definition) is 4. The molecule has 0 radical (unpaired) electrons. The minimum absolute atomic E-state index is 0.0168. The third kappa shape index (κ3) is 3.93. The number of aromatic carboxylic acids is 1. The minimum Gasteiger partial charge on any atom is -0.478 e. The van der Waals surface area contributed by atoms with Gasteiger partial charge in [-0.15, -0.1) is 0 Å². The van der Waals surface area contributed by atoms with E-state index in [0.29, 0.717) is 7.14 Å². The summed E-state index contributed by atoms with van der Waals surface area (Å²) < 4.78 is 1.13. The Kier molecular flexibility index (Phi) is 7.10. The number of anilines is 1.